The molecule has 0 saturated carbocycles. The molecule has 16 saturated heterocycles. The van der Waals surface area contributed by atoms with Crippen LogP contribution in [0.5, 0.6) is 0 Å². The summed E-state index contributed by atoms with van der Waals surface area (Å²) in [5.74, 6) is -2.77. The number of hydrogen-bond donors (Lipinski definition) is 2. The van der Waals surface area contributed by atoms with Crippen LogP contribution in [0.1, 0.15) is 150 Å². The summed E-state index contributed by atoms with van der Waals surface area (Å²) in [6.07, 6.45) is 4.00. The van der Waals surface area contributed by atoms with E-state index in [1.54, 1.807) is 0 Å². The zero-order valence-electron chi connectivity index (χ0n) is 46.4. The minimum Gasteiger partial charge on any atom is -0.459 e. The molecule has 16 aliphatic heterocycles. The maximum atomic E-state index is 14.6. The van der Waals surface area contributed by atoms with Crippen molar-refractivity contribution >= 4 is 5.97 Å². The van der Waals surface area contributed by atoms with Crippen LogP contribution in [0.2, 0.25) is 0 Å². The second-order valence-electron chi connectivity index (χ2n) is 27.7. The van der Waals surface area contributed by atoms with Gasteiger partial charge in [0, 0.05) is 70.1 Å². The summed E-state index contributed by atoms with van der Waals surface area (Å²) >= 11 is 0. The van der Waals surface area contributed by atoms with Crippen LogP contribution < -0.4 is 0 Å². The molecule has 16 rings (SSSR count). The topological polar surface area (TPSA) is 196 Å². The Morgan fingerprint density at radius 3 is 2.10 bits per heavy atom. The highest BCUT2D eigenvalue weighted by Crippen LogP contribution is 2.58. The van der Waals surface area contributed by atoms with Crippen molar-refractivity contribution in [2.24, 2.45) is 23.7 Å². The molecule has 0 aromatic carbocycles. The number of esters is 1. The Balaban J connectivity index is 0.674. The lowest BCUT2D eigenvalue weighted by atomic mass is 9.75. The van der Waals surface area contributed by atoms with Crippen molar-refractivity contribution < 1.29 is 86.1 Å². The zero-order chi connectivity index (χ0) is 53.4. The van der Waals surface area contributed by atoms with E-state index in [4.69, 9.17) is 71.1 Å². The van der Waals surface area contributed by atoms with Gasteiger partial charge >= 0.3 is 5.97 Å². The van der Waals surface area contributed by atoms with Crippen molar-refractivity contribution in [3.8, 4) is 0 Å². The molecule has 3 spiro atoms. The summed E-state index contributed by atoms with van der Waals surface area (Å²) in [7, 11) is 0. The molecule has 12 bridgehead atoms. The van der Waals surface area contributed by atoms with E-state index in [2.05, 4.69) is 47.8 Å². The van der Waals surface area contributed by atoms with Crippen molar-refractivity contribution in [2.75, 3.05) is 6.61 Å². The molecule has 434 valence electrons. The Labute approximate surface area is 458 Å². The molecule has 31 atom stereocenters. The molecule has 16 fully saturated rings. The van der Waals surface area contributed by atoms with E-state index in [9.17, 15) is 15.0 Å². The summed E-state index contributed by atoms with van der Waals surface area (Å²) < 4.78 is 104. The zero-order valence-corrected chi connectivity index (χ0v) is 46.4. The largest absolute Gasteiger partial charge is 0.459 e. The third-order valence-electron chi connectivity index (χ3n) is 22.2. The smallest absolute Gasteiger partial charge is 0.308 e. The second kappa shape index (κ2) is 19.4. The summed E-state index contributed by atoms with van der Waals surface area (Å²) in [5, 5.41) is 20.7. The Hall–Kier alpha value is -1.69. The molecule has 3 unspecified atom stereocenters. The van der Waals surface area contributed by atoms with E-state index in [1.165, 1.54) is 0 Å². The number of fused-ring (bicyclic) bond motifs is 10. The fourth-order valence-electron chi connectivity index (χ4n) is 18.3. The SMILES string of the molecule is C=C1C2C[C@@H]3O[C@H]4C[C@H]5O[C@@]6(C[C@@H]7O[C@]8(C[C@H](C)[C@@H]9O[C@H](CO)[C@H](O)C[C@@H]9O8)C[C@H](C)[C@@H]7O6)C[C@H]5O[C@H]4[C@H](C)[C@H]3OC(=O)C[C@H]3CC[C@@H]4O[C@@]5(C)C6C[C@@H]7C[C@@](CC[C@H]8CC(=C)[C@H](CC[C@@H](C[C@H]1C)O2)O8)(O6)O[C@H](C5O7)[C@H]4O3. The molecular weight excluding hydrogens is 1010 g/mol. The molecule has 0 aromatic rings. The number of carbonyl (C=O) groups excluding carboxylic acids is 1. The maximum absolute atomic E-state index is 14.6. The molecule has 0 aromatic heterocycles. The van der Waals surface area contributed by atoms with E-state index >= 15 is 0 Å². The van der Waals surface area contributed by atoms with E-state index in [-0.39, 0.29) is 140 Å². The summed E-state index contributed by atoms with van der Waals surface area (Å²) in [6, 6.07) is 0. The molecular formula is C60H86O18. The van der Waals surface area contributed by atoms with Gasteiger partial charge < -0.3 is 81.3 Å². The van der Waals surface area contributed by atoms with Gasteiger partial charge in [0.05, 0.1) is 123 Å². The normalized spacial score (nSPS) is 59.2. The second-order valence-corrected chi connectivity index (χ2v) is 27.7. The number of aliphatic hydroxyl groups excluding tert-OH is 2. The average molecular weight is 1100 g/mol. The van der Waals surface area contributed by atoms with Gasteiger partial charge in [0.2, 0.25) is 0 Å². The number of rotatable bonds is 1. The van der Waals surface area contributed by atoms with Crippen LogP contribution in [0.25, 0.3) is 0 Å². The van der Waals surface area contributed by atoms with Crippen LogP contribution in [-0.4, -0.2) is 186 Å². The van der Waals surface area contributed by atoms with Crippen LogP contribution in [0.3, 0.4) is 0 Å². The van der Waals surface area contributed by atoms with Gasteiger partial charge in [0.25, 0.3) is 0 Å². The molecule has 18 heteroatoms. The first kappa shape index (κ1) is 53.1. The van der Waals surface area contributed by atoms with Crippen molar-refractivity contribution in [2.45, 2.75) is 314 Å². The van der Waals surface area contributed by atoms with E-state index < -0.39 is 65.7 Å². The first-order valence-electron chi connectivity index (χ1n) is 30.6. The van der Waals surface area contributed by atoms with E-state index in [1.807, 2.05) is 0 Å². The maximum Gasteiger partial charge on any atom is 0.308 e. The summed E-state index contributed by atoms with van der Waals surface area (Å²) in [6.45, 7) is 19.8. The van der Waals surface area contributed by atoms with Gasteiger partial charge in [-0.05, 0) is 80.8 Å². The van der Waals surface area contributed by atoms with Crippen molar-refractivity contribution in [3.05, 3.63) is 24.3 Å². The summed E-state index contributed by atoms with van der Waals surface area (Å²) in [5.41, 5.74) is 1.47. The Kier molecular flexibility index (Phi) is 13.2. The first-order chi connectivity index (χ1) is 37.4. The van der Waals surface area contributed by atoms with E-state index in [0.717, 1.165) is 49.7 Å². The number of carbonyl (C=O) groups is 1. The van der Waals surface area contributed by atoms with Gasteiger partial charge in [-0.2, -0.15) is 0 Å². The molecule has 0 aliphatic carbocycles. The van der Waals surface area contributed by atoms with Crippen LogP contribution >= 0.6 is 0 Å². The first-order valence-corrected chi connectivity index (χ1v) is 30.6. The Morgan fingerprint density at radius 2 is 1.26 bits per heavy atom. The Bertz CT molecular complexity index is 2340. The molecule has 16 aliphatic rings. The molecule has 2 N–H and O–H groups in total. The summed E-state index contributed by atoms with van der Waals surface area (Å²) in [4.78, 5) is 14.6. The standard InChI is InChI=1S/C60H86O18/c1-27-14-33-8-10-38-28(2)15-35(64-38)12-13-58-23-36-16-48(76-58)57(7)56(67-36)55(78-58)54-39(72-57)11-9-34(66-54)17-49(63)71-53-32(6)52-43(68-42(53)19-40(65-33)31(27)5)20-41-45(69-52)24-60(73-41)25-46-51(77-60)30(4)22-59(75-46)21-29(3)50-44(74-59)18-37(62)47(26-61)70-50/h27,29-30,32-48,50-56,61-62H,2,5,8-26H2,1,3-4,6-7H3/t27-,29+,30+,32+,33+,34-,35+,36-,37-,38+,39+,40?,41-,42+,43+,44+,45-,46+,47-,48?,50+,51+,52+,53-,54+,55+,56?,57+,58+,59-,60+/m1/s1. The molecule has 18 nitrogen and oxygen atoms in total. The lowest BCUT2D eigenvalue weighted by Gasteiger charge is -2.57. The lowest BCUT2D eigenvalue weighted by Crippen LogP contribution is -2.71. The van der Waals surface area contributed by atoms with Crippen LogP contribution in [0.4, 0.5) is 0 Å². The molecule has 16 heterocycles. The molecule has 0 amide bonds. The predicted molar refractivity (Wildman–Crippen MR) is 272 cm³/mol. The molecule has 0 radical (unpaired) electrons. The van der Waals surface area contributed by atoms with Crippen molar-refractivity contribution in [1.82, 2.24) is 0 Å². The highest BCUT2D eigenvalue weighted by atomic mass is 16.8. The van der Waals surface area contributed by atoms with Crippen LogP contribution in [0, 0.1) is 23.7 Å². The van der Waals surface area contributed by atoms with E-state index in [0.29, 0.717) is 70.6 Å². The monoisotopic (exact) mass is 1090 g/mol. The van der Waals surface area contributed by atoms with Gasteiger partial charge in [-0.3, -0.25) is 4.79 Å². The molecule has 78 heavy (non-hydrogen) atoms. The fourth-order valence-corrected chi connectivity index (χ4v) is 18.3. The van der Waals surface area contributed by atoms with Gasteiger partial charge in [0.15, 0.2) is 17.4 Å². The van der Waals surface area contributed by atoms with Crippen molar-refractivity contribution in [1.29, 1.82) is 0 Å². The quantitative estimate of drug-likeness (QED) is 0.231. The van der Waals surface area contributed by atoms with Gasteiger partial charge in [-0.1, -0.05) is 40.9 Å². The number of ether oxygens (including phenoxy) is 15. The fraction of sp³-hybridized carbons (Fsp3) is 0.917. The number of hydrogen-bond acceptors (Lipinski definition) is 18. The predicted octanol–water partition coefficient (Wildman–Crippen LogP) is 5.95. The van der Waals surface area contributed by atoms with Crippen LogP contribution in [-0.2, 0) is 75.8 Å². The van der Waals surface area contributed by atoms with Crippen LogP contribution in [0.15, 0.2) is 24.3 Å². The minimum absolute atomic E-state index is 0.00692. The highest BCUT2D eigenvalue weighted by Gasteiger charge is 2.70. The average Bonchev–Trinajstić information content (AvgIpc) is 4.06. The third kappa shape index (κ3) is 8.86. The minimum atomic E-state index is -0.914. The van der Waals surface area contributed by atoms with Gasteiger partial charge in [-0.15, -0.1) is 0 Å². The number of aliphatic hydroxyl groups is 2. The lowest BCUT2D eigenvalue weighted by molar-refractivity contribution is -0.371. The Morgan fingerprint density at radius 1 is 0.526 bits per heavy atom. The van der Waals surface area contributed by atoms with Crippen molar-refractivity contribution in [3.63, 3.8) is 0 Å². The van der Waals surface area contributed by atoms with Gasteiger partial charge in [-0.25, -0.2) is 0 Å². The highest BCUT2D eigenvalue weighted by molar-refractivity contribution is 5.70. The third-order valence-corrected chi connectivity index (χ3v) is 22.2. The van der Waals surface area contributed by atoms with Gasteiger partial charge in [0.1, 0.15) is 36.1 Å².